The van der Waals surface area contributed by atoms with Crippen LogP contribution < -0.4 is 0 Å². The molecule has 1 aromatic heterocycles. The minimum Gasteiger partial charge on any atom is -0.258 e. The third-order valence-electron chi connectivity index (χ3n) is 3.00. The van der Waals surface area contributed by atoms with Gasteiger partial charge in [-0.3, -0.25) is 10.1 Å². The molecule has 0 atom stereocenters. The van der Waals surface area contributed by atoms with Gasteiger partial charge in [-0.1, -0.05) is 25.4 Å². The first-order chi connectivity index (χ1) is 9.40. The van der Waals surface area contributed by atoms with Crippen molar-refractivity contribution >= 4 is 17.3 Å². The lowest BCUT2D eigenvalue weighted by Gasteiger charge is -2.12. The SMILES string of the molecule is Cc1nc(-c2ccc([N+](=O)[O-])cc2)nc(Cl)c1C(C)C. The molecule has 2 aromatic rings. The zero-order chi connectivity index (χ0) is 14.9. The molecule has 0 radical (unpaired) electrons. The first kappa shape index (κ1) is 14.4. The second kappa shape index (κ2) is 5.54. The predicted molar refractivity (Wildman–Crippen MR) is 78.0 cm³/mol. The highest BCUT2D eigenvalue weighted by Gasteiger charge is 2.14. The summed E-state index contributed by atoms with van der Waals surface area (Å²) >= 11 is 6.20. The van der Waals surface area contributed by atoms with Crippen LogP contribution in [-0.4, -0.2) is 14.9 Å². The van der Waals surface area contributed by atoms with Crippen LogP contribution in [0.4, 0.5) is 5.69 Å². The highest BCUT2D eigenvalue weighted by atomic mass is 35.5. The van der Waals surface area contributed by atoms with Gasteiger partial charge in [0.2, 0.25) is 0 Å². The molecular formula is C14H14ClN3O2. The van der Waals surface area contributed by atoms with Crippen LogP contribution in [0.25, 0.3) is 11.4 Å². The molecular weight excluding hydrogens is 278 g/mol. The molecule has 1 aromatic carbocycles. The molecule has 0 aliphatic heterocycles. The Morgan fingerprint density at radius 1 is 1.20 bits per heavy atom. The van der Waals surface area contributed by atoms with E-state index in [-0.39, 0.29) is 11.6 Å². The second-order valence-electron chi connectivity index (χ2n) is 4.80. The van der Waals surface area contributed by atoms with Crippen molar-refractivity contribution < 1.29 is 4.92 Å². The monoisotopic (exact) mass is 291 g/mol. The van der Waals surface area contributed by atoms with Gasteiger partial charge in [-0.05, 0) is 25.0 Å². The molecule has 104 valence electrons. The average Bonchev–Trinajstić information content (AvgIpc) is 2.37. The van der Waals surface area contributed by atoms with Gasteiger partial charge in [0.05, 0.1) is 4.92 Å². The Morgan fingerprint density at radius 3 is 2.25 bits per heavy atom. The number of nitro groups is 1. The number of rotatable bonds is 3. The van der Waals surface area contributed by atoms with E-state index in [1.165, 1.54) is 12.1 Å². The van der Waals surface area contributed by atoms with Crippen LogP contribution >= 0.6 is 11.6 Å². The minimum absolute atomic E-state index is 0.0374. The molecule has 0 unspecified atom stereocenters. The van der Waals surface area contributed by atoms with E-state index in [0.29, 0.717) is 16.5 Å². The first-order valence-corrected chi connectivity index (χ1v) is 6.56. The molecule has 0 aliphatic rings. The smallest absolute Gasteiger partial charge is 0.258 e. The molecule has 0 spiro atoms. The van der Waals surface area contributed by atoms with Gasteiger partial charge < -0.3 is 0 Å². The Morgan fingerprint density at radius 2 is 1.80 bits per heavy atom. The van der Waals surface area contributed by atoms with Crippen LogP contribution in [0, 0.1) is 17.0 Å². The van der Waals surface area contributed by atoms with Crippen LogP contribution in [-0.2, 0) is 0 Å². The lowest BCUT2D eigenvalue weighted by Crippen LogP contribution is -2.02. The van der Waals surface area contributed by atoms with Gasteiger partial charge in [0.1, 0.15) is 5.15 Å². The molecule has 1 heterocycles. The number of aromatic nitrogens is 2. The summed E-state index contributed by atoms with van der Waals surface area (Å²) in [6, 6.07) is 6.10. The largest absolute Gasteiger partial charge is 0.269 e. The number of hydrogen-bond donors (Lipinski definition) is 0. The fourth-order valence-electron chi connectivity index (χ4n) is 2.06. The summed E-state index contributed by atoms with van der Waals surface area (Å²) in [5, 5.41) is 11.1. The van der Waals surface area contributed by atoms with Gasteiger partial charge in [-0.2, -0.15) is 0 Å². The zero-order valence-electron chi connectivity index (χ0n) is 11.4. The molecule has 0 fully saturated rings. The molecule has 5 nitrogen and oxygen atoms in total. The number of hydrogen-bond acceptors (Lipinski definition) is 4. The maximum Gasteiger partial charge on any atom is 0.269 e. The predicted octanol–water partition coefficient (Wildman–Crippen LogP) is 4.14. The Balaban J connectivity index is 2.46. The van der Waals surface area contributed by atoms with Crippen molar-refractivity contribution in [2.45, 2.75) is 26.7 Å². The quantitative estimate of drug-likeness (QED) is 0.484. The van der Waals surface area contributed by atoms with Crippen molar-refractivity contribution in [3.8, 4) is 11.4 Å². The summed E-state index contributed by atoms with van der Waals surface area (Å²) in [5.41, 5.74) is 2.50. The van der Waals surface area contributed by atoms with Crippen LogP contribution in [0.1, 0.15) is 31.0 Å². The van der Waals surface area contributed by atoms with Gasteiger partial charge in [-0.25, -0.2) is 9.97 Å². The summed E-state index contributed by atoms with van der Waals surface area (Å²) in [6.45, 7) is 5.95. The number of nitro benzene ring substituents is 1. The fraction of sp³-hybridized carbons (Fsp3) is 0.286. The second-order valence-corrected chi connectivity index (χ2v) is 5.15. The van der Waals surface area contributed by atoms with E-state index in [1.54, 1.807) is 12.1 Å². The number of nitrogens with zero attached hydrogens (tertiary/aromatic N) is 3. The van der Waals surface area contributed by atoms with Crippen molar-refractivity contribution in [1.82, 2.24) is 9.97 Å². The van der Waals surface area contributed by atoms with E-state index in [9.17, 15) is 10.1 Å². The van der Waals surface area contributed by atoms with E-state index >= 15 is 0 Å². The van der Waals surface area contributed by atoms with Gasteiger partial charge in [-0.15, -0.1) is 0 Å². The first-order valence-electron chi connectivity index (χ1n) is 6.19. The fourth-order valence-corrected chi connectivity index (χ4v) is 2.50. The zero-order valence-corrected chi connectivity index (χ0v) is 12.2. The standard InChI is InChI=1S/C14H14ClN3O2/c1-8(2)12-9(3)16-14(17-13(12)15)10-4-6-11(7-5-10)18(19)20/h4-8H,1-3H3. The molecule has 0 saturated carbocycles. The van der Waals surface area contributed by atoms with Crippen LogP contribution in [0.2, 0.25) is 5.15 Å². The molecule has 0 N–H and O–H groups in total. The molecule has 0 bridgehead atoms. The molecule has 2 rings (SSSR count). The van der Waals surface area contributed by atoms with Crippen molar-refractivity contribution in [3.63, 3.8) is 0 Å². The summed E-state index contributed by atoms with van der Waals surface area (Å²) < 4.78 is 0. The Hall–Kier alpha value is -2.01. The Bertz CT molecular complexity index is 631. The molecule has 0 saturated heterocycles. The minimum atomic E-state index is -0.440. The van der Waals surface area contributed by atoms with Crippen LogP contribution in [0.15, 0.2) is 24.3 Å². The van der Waals surface area contributed by atoms with Gasteiger partial charge in [0.25, 0.3) is 5.69 Å². The maximum atomic E-state index is 10.6. The van der Waals surface area contributed by atoms with E-state index < -0.39 is 4.92 Å². The van der Waals surface area contributed by atoms with Gasteiger partial charge >= 0.3 is 0 Å². The number of halogens is 1. The Kier molecular flexibility index (Phi) is 3.99. The van der Waals surface area contributed by atoms with E-state index in [0.717, 1.165) is 11.3 Å². The van der Waals surface area contributed by atoms with Crippen molar-refractivity contribution in [2.75, 3.05) is 0 Å². The summed E-state index contributed by atoms with van der Waals surface area (Å²) in [5.74, 6) is 0.722. The molecule has 6 heteroatoms. The average molecular weight is 292 g/mol. The van der Waals surface area contributed by atoms with Crippen LogP contribution in [0.3, 0.4) is 0 Å². The van der Waals surface area contributed by atoms with E-state index in [1.807, 2.05) is 20.8 Å². The normalized spacial score (nSPS) is 10.8. The van der Waals surface area contributed by atoms with Crippen molar-refractivity contribution in [2.24, 2.45) is 0 Å². The molecule has 0 aliphatic carbocycles. The highest BCUT2D eigenvalue weighted by Crippen LogP contribution is 2.28. The van der Waals surface area contributed by atoms with E-state index in [2.05, 4.69) is 9.97 Å². The van der Waals surface area contributed by atoms with E-state index in [4.69, 9.17) is 11.6 Å². The lowest BCUT2D eigenvalue weighted by molar-refractivity contribution is -0.384. The molecule has 20 heavy (non-hydrogen) atoms. The molecule has 0 amide bonds. The number of non-ortho nitro benzene ring substituents is 1. The number of aryl methyl sites for hydroxylation is 1. The Labute approximate surface area is 121 Å². The summed E-state index contributed by atoms with van der Waals surface area (Å²) in [4.78, 5) is 18.9. The third kappa shape index (κ3) is 2.77. The summed E-state index contributed by atoms with van der Waals surface area (Å²) in [6.07, 6.45) is 0. The highest BCUT2D eigenvalue weighted by molar-refractivity contribution is 6.30. The van der Waals surface area contributed by atoms with Gasteiger partial charge in [0.15, 0.2) is 5.82 Å². The van der Waals surface area contributed by atoms with Gasteiger partial charge in [0, 0.05) is 29.0 Å². The topological polar surface area (TPSA) is 68.9 Å². The van der Waals surface area contributed by atoms with Crippen LogP contribution in [0.5, 0.6) is 0 Å². The maximum absolute atomic E-state index is 10.6. The van der Waals surface area contributed by atoms with Crippen molar-refractivity contribution in [3.05, 3.63) is 50.8 Å². The van der Waals surface area contributed by atoms with Crippen molar-refractivity contribution in [1.29, 1.82) is 0 Å². The number of benzene rings is 1. The summed E-state index contributed by atoms with van der Waals surface area (Å²) in [7, 11) is 0. The lowest BCUT2D eigenvalue weighted by atomic mass is 10.0. The third-order valence-corrected chi connectivity index (χ3v) is 3.29.